The predicted molar refractivity (Wildman–Crippen MR) is 80.3 cm³/mol. The Morgan fingerprint density at radius 3 is 2.53 bits per heavy atom. The highest BCUT2D eigenvalue weighted by Crippen LogP contribution is 2.15. The van der Waals surface area contributed by atoms with Gasteiger partial charge in [0.15, 0.2) is 0 Å². The van der Waals surface area contributed by atoms with Crippen LogP contribution in [0.3, 0.4) is 0 Å². The number of hydrogen-bond donors (Lipinski definition) is 1. The van der Waals surface area contributed by atoms with Crippen LogP contribution in [0.4, 0.5) is 0 Å². The molecule has 4 heteroatoms. The van der Waals surface area contributed by atoms with Crippen molar-refractivity contribution in [2.45, 2.75) is 65.0 Å². The Morgan fingerprint density at radius 1 is 1.42 bits per heavy atom. The molecule has 0 saturated carbocycles. The minimum atomic E-state index is -0.565. The normalized spacial score (nSPS) is 16.2. The monoisotopic (exact) mass is 272 g/mol. The first-order valence-corrected chi connectivity index (χ1v) is 7.47. The van der Waals surface area contributed by atoms with Gasteiger partial charge in [-0.05, 0) is 60.7 Å². The Bertz CT molecular complexity index is 259. The Balaban J connectivity index is 4.17. The average Bonchev–Trinajstić information content (AvgIpc) is 2.38. The molecule has 0 aliphatic carbocycles. The zero-order valence-electron chi connectivity index (χ0n) is 13.6. The van der Waals surface area contributed by atoms with Gasteiger partial charge in [-0.3, -0.25) is 4.79 Å². The van der Waals surface area contributed by atoms with E-state index in [0.29, 0.717) is 12.6 Å². The van der Waals surface area contributed by atoms with Crippen LogP contribution in [-0.4, -0.2) is 49.7 Å². The fourth-order valence-electron chi connectivity index (χ4n) is 2.16. The Labute approximate surface area is 118 Å². The van der Waals surface area contributed by atoms with Crippen LogP contribution in [0.15, 0.2) is 0 Å². The SMILES string of the molecule is CCCC(C)N(C)CCCC(C)(NC)C(=O)OCC. The lowest BCUT2D eigenvalue weighted by Crippen LogP contribution is -2.49. The molecule has 4 nitrogen and oxygen atoms in total. The molecular weight excluding hydrogens is 240 g/mol. The summed E-state index contributed by atoms with van der Waals surface area (Å²) in [6.07, 6.45) is 4.21. The van der Waals surface area contributed by atoms with Gasteiger partial charge in [0, 0.05) is 6.04 Å². The number of hydrogen-bond acceptors (Lipinski definition) is 4. The maximum Gasteiger partial charge on any atom is 0.326 e. The molecule has 0 aliphatic heterocycles. The van der Waals surface area contributed by atoms with E-state index in [-0.39, 0.29) is 5.97 Å². The Kier molecular flexibility index (Phi) is 9.02. The Morgan fingerprint density at radius 2 is 2.05 bits per heavy atom. The summed E-state index contributed by atoms with van der Waals surface area (Å²) >= 11 is 0. The van der Waals surface area contributed by atoms with Crippen molar-refractivity contribution in [1.82, 2.24) is 10.2 Å². The van der Waals surface area contributed by atoms with Crippen LogP contribution in [0, 0.1) is 0 Å². The largest absolute Gasteiger partial charge is 0.465 e. The molecule has 0 spiro atoms. The van der Waals surface area contributed by atoms with Crippen LogP contribution in [0.1, 0.15) is 53.4 Å². The van der Waals surface area contributed by atoms with Crippen molar-refractivity contribution >= 4 is 5.97 Å². The first-order chi connectivity index (χ1) is 8.91. The second kappa shape index (κ2) is 9.32. The van der Waals surface area contributed by atoms with Gasteiger partial charge < -0.3 is 15.0 Å². The lowest BCUT2D eigenvalue weighted by molar-refractivity contribution is -0.150. The minimum Gasteiger partial charge on any atom is -0.465 e. The van der Waals surface area contributed by atoms with Crippen molar-refractivity contribution in [3.8, 4) is 0 Å². The third-order valence-electron chi connectivity index (χ3n) is 3.92. The maximum atomic E-state index is 11.9. The fourth-order valence-corrected chi connectivity index (χ4v) is 2.16. The number of likely N-dealkylation sites (N-methyl/N-ethyl adjacent to an activating group) is 1. The van der Waals surface area contributed by atoms with E-state index in [1.54, 1.807) is 0 Å². The molecule has 1 N–H and O–H groups in total. The van der Waals surface area contributed by atoms with Crippen LogP contribution in [0.25, 0.3) is 0 Å². The van der Waals surface area contributed by atoms with Crippen molar-refractivity contribution < 1.29 is 9.53 Å². The number of ether oxygens (including phenoxy) is 1. The molecule has 2 atom stereocenters. The molecule has 0 amide bonds. The average molecular weight is 272 g/mol. The summed E-state index contributed by atoms with van der Waals surface area (Å²) in [6, 6.07) is 0.605. The van der Waals surface area contributed by atoms with Crippen molar-refractivity contribution in [2.75, 3.05) is 27.2 Å². The number of nitrogens with zero attached hydrogens (tertiary/aromatic N) is 1. The van der Waals surface area contributed by atoms with E-state index in [4.69, 9.17) is 4.74 Å². The van der Waals surface area contributed by atoms with Gasteiger partial charge in [0.1, 0.15) is 5.54 Å². The van der Waals surface area contributed by atoms with E-state index < -0.39 is 5.54 Å². The van der Waals surface area contributed by atoms with E-state index in [2.05, 4.69) is 31.1 Å². The highest BCUT2D eigenvalue weighted by molar-refractivity contribution is 5.80. The van der Waals surface area contributed by atoms with Crippen LogP contribution in [0.5, 0.6) is 0 Å². The molecule has 0 aliphatic rings. The molecule has 0 saturated heterocycles. The molecule has 114 valence electrons. The third-order valence-corrected chi connectivity index (χ3v) is 3.92. The van der Waals surface area contributed by atoms with Gasteiger partial charge in [-0.15, -0.1) is 0 Å². The van der Waals surface area contributed by atoms with E-state index in [1.165, 1.54) is 12.8 Å². The van der Waals surface area contributed by atoms with Crippen LogP contribution >= 0.6 is 0 Å². The predicted octanol–water partition coefficient (Wildman–Crippen LogP) is 2.43. The molecule has 0 fully saturated rings. The number of carbonyl (C=O) groups is 1. The van der Waals surface area contributed by atoms with E-state index in [1.807, 2.05) is 20.9 Å². The van der Waals surface area contributed by atoms with Crippen molar-refractivity contribution in [2.24, 2.45) is 0 Å². The molecule has 0 bridgehead atoms. The van der Waals surface area contributed by atoms with Gasteiger partial charge in [-0.25, -0.2) is 0 Å². The van der Waals surface area contributed by atoms with Gasteiger partial charge in [0.05, 0.1) is 6.61 Å². The summed E-state index contributed by atoms with van der Waals surface area (Å²) in [5.74, 6) is -0.151. The zero-order valence-corrected chi connectivity index (χ0v) is 13.6. The highest BCUT2D eigenvalue weighted by Gasteiger charge is 2.32. The van der Waals surface area contributed by atoms with Gasteiger partial charge in [0.2, 0.25) is 0 Å². The second-order valence-electron chi connectivity index (χ2n) is 5.52. The zero-order chi connectivity index (χ0) is 14.9. The summed E-state index contributed by atoms with van der Waals surface area (Å²) in [5, 5.41) is 3.10. The molecule has 0 aromatic rings. The van der Waals surface area contributed by atoms with Crippen LogP contribution in [0.2, 0.25) is 0 Å². The third kappa shape index (κ3) is 6.39. The topological polar surface area (TPSA) is 41.6 Å². The fraction of sp³-hybridized carbons (Fsp3) is 0.933. The van der Waals surface area contributed by atoms with E-state index in [9.17, 15) is 4.79 Å². The first-order valence-electron chi connectivity index (χ1n) is 7.47. The molecule has 19 heavy (non-hydrogen) atoms. The minimum absolute atomic E-state index is 0.151. The first kappa shape index (κ1) is 18.4. The molecule has 0 rings (SSSR count). The summed E-state index contributed by atoms with van der Waals surface area (Å²) < 4.78 is 5.13. The molecule has 0 aromatic carbocycles. The number of nitrogens with one attached hydrogen (secondary N) is 1. The lowest BCUT2D eigenvalue weighted by atomic mass is 9.96. The maximum absolute atomic E-state index is 11.9. The molecule has 0 radical (unpaired) electrons. The van der Waals surface area contributed by atoms with Crippen molar-refractivity contribution in [3.63, 3.8) is 0 Å². The number of carbonyl (C=O) groups excluding carboxylic acids is 1. The molecular formula is C15H32N2O2. The quantitative estimate of drug-likeness (QED) is 0.620. The standard InChI is InChI=1S/C15H32N2O2/c1-7-10-13(3)17(6)12-9-11-15(4,16-5)14(18)19-8-2/h13,16H,7-12H2,1-6H3. The number of rotatable bonds is 10. The smallest absolute Gasteiger partial charge is 0.326 e. The lowest BCUT2D eigenvalue weighted by Gasteiger charge is -2.29. The highest BCUT2D eigenvalue weighted by atomic mass is 16.5. The summed E-state index contributed by atoms with van der Waals surface area (Å²) in [5.41, 5.74) is -0.565. The number of esters is 1. The van der Waals surface area contributed by atoms with Gasteiger partial charge in [-0.2, -0.15) is 0 Å². The summed E-state index contributed by atoms with van der Waals surface area (Å²) in [6.45, 7) is 9.67. The Hall–Kier alpha value is -0.610. The van der Waals surface area contributed by atoms with E-state index >= 15 is 0 Å². The van der Waals surface area contributed by atoms with Crippen molar-refractivity contribution in [3.05, 3.63) is 0 Å². The van der Waals surface area contributed by atoms with Gasteiger partial charge in [0.25, 0.3) is 0 Å². The van der Waals surface area contributed by atoms with Gasteiger partial charge in [-0.1, -0.05) is 13.3 Å². The molecule has 0 heterocycles. The molecule has 0 aromatic heterocycles. The summed E-state index contributed by atoms with van der Waals surface area (Å²) in [4.78, 5) is 14.3. The van der Waals surface area contributed by atoms with Gasteiger partial charge >= 0.3 is 5.97 Å². The van der Waals surface area contributed by atoms with Crippen molar-refractivity contribution in [1.29, 1.82) is 0 Å². The van der Waals surface area contributed by atoms with Crippen LogP contribution < -0.4 is 5.32 Å². The summed E-state index contributed by atoms with van der Waals surface area (Å²) in [7, 11) is 3.97. The second-order valence-corrected chi connectivity index (χ2v) is 5.52. The van der Waals surface area contributed by atoms with E-state index in [0.717, 1.165) is 19.4 Å². The van der Waals surface area contributed by atoms with Crippen LogP contribution in [-0.2, 0) is 9.53 Å². The molecule has 2 unspecified atom stereocenters.